The predicted octanol–water partition coefficient (Wildman–Crippen LogP) is 3.17. The summed E-state index contributed by atoms with van der Waals surface area (Å²) in [5, 5.41) is 0. The van der Waals surface area contributed by atoms with E-state index in [-0.39, 0.29) is 50.9 Å². The Morgan fingerprint density at radius 3 is 2.17 bits per heavy atom. The van der Waals surface area contributed by atoms with Gasteiger partial charge in [-0.2, -0.15) is 0 Å². The van der Waals surface area contributed by atoms with Crippen LogP contribution in [-0.4, -0.2) is 27.3 Å². The molecule has 1 aromatic rings. The number of Topliss-reactive ketones (excluding diaryl/α,β-unsaturated/α-hetero) is 1. The molecular formula is C17H15Br2NO3. The molecule has 3 aliphatic rings. The van der Waals surface area contributed by atoms with Crippen molar-refractivity contribution in [2.24, 2.45) is 23.7 Å². The number of ketones is 1. The molecule has 1 aromatic carbocycles. The molecule has 0 radical (unpaired) electrons. The van der Waals surface area contributed by atoms with E-state index < -0.39 is 0 Å². The number of anilines is 1. The monoisotopic (exact) mass is 439 g/mol. The van der Waals surface area contributed by atoms with E-state index in [1.165, 1.54) is 11.8 Å². The molecule has 23 heavy (non-hydrogen) atoms. The van der Waals surface area contributed by atoms with Crippen molar-refractivity contribution in [1.29, 1.82) is 0 Å². The molecule has 6 atom stereocenters. The smallest absolute Gasteiger partial charge is 0.238 e. The van der Waals surface area contributed by atoms with Gasteiger partial charge in [0.1, 0.15) is 0 Å². The summed E-state index contributed by atoms with van der Waals surface area (Å²) in [4.78, 5) is 39.1. The Bertz CT molecular complexity index is 702. The van der Waals surface area contributed by atoms with Crippen LogP contribution in [0.5, 0.6) is 0 Å². The van der Waals surface area contributed by atoms with Crippen molar-refractivity contribution in [2.75, 3.05) is 4.90 Å². The topological polar surface area (TPSA) is 54.5 Å². The molecule has 2 saturated carbocycles. The first kappa shape index (κ1) is 15.5. The first-order valence-corrected chi connectivity index (χ1v) is 9.52. The number of fused-ring (bicyclic) bond motifs is 5. The molecular weight excluding hydrogens is 426 g/mol. The first-order chi connectivity index (χ1) is 10.9. The van der Waals surface area contributed by atoms with Crippen LogP contribution in [0.25, 0.3) is 0 Å². The van der Waals surface area contributed by atoms with Gasteiger partial charge in [-0.3, -0.25) is 19.3 Å². The highest BCUT2D eigenvalue weighted by Crippen LogP contribution is 2.60. The standard InChI is InChI=1S/C17H15Br2NO3/c1-7(21)8-3-2-4-9(5-8)20-16(22)12-10-6-11(13(12)17(20)23)15(19)14(10)18/h2-5,10-15H,6H2,1H3/t10-,11-,12-,13+,14-,15+/m0/s1. The van der Waals surface area contributed by atoms with Crippen molar-refractivity contribution in [3.05, 3.63) is 29.8 Å². The van der Waals surface area contributed by atoms with Crippen LogP contribution in [0.2, 0.25) is 0 Å². The SMILES string of the molecule is CC(=O)c1cccc(N2C(=O)[C@@H]3[C@@H]4C[C@H]([C@H](Br)[C@@H]4Br)[C@@H]3C2=O)c1. The molecule has 1 saturated heterocycles. The second-order valence-electron chi connectivity index (χ2n) is 6.62. The van der Waals surface area contributed by atoms with Crippen LogP contribution in [0, 0.1) is 23.7 Å². The van der Waals surface area contributed by atoms with Gasteiger partial charge in [-0.05, 0) is 37.3 Å². The number of hydrogen-bond acceptors (Lipinski definition) is 3. The third-order valence-corrected chi connectivity index (χ3v) is 8.70. The zero-order valence-corrected chi connectivity index (χ0v) is 15.6. The van der Waals surface area contributed by atoms with Gasteiger partial charge in [0.05, 0.1) is 17.5 Å². The normalized spacial score (nSPS) is 38.3. The fourth-order valence-corrected chi connectivity index (χ4v) is 6.34. The van der Waals surface area contributed by atoms with Gasteiger partial charge < -0.3 is 0 Å². The molecule has 4 nitrogen and oxygen atoms in total. The van der Waals surface area contributed by atoms with Crippen molar-refractivity contribution in [3.8, 4) is 0 Å². The third kappa shape index (κ3) is 2.03. The Labute approximate surface area is 150 Å². The summed E-state index contributed by atoms with van der Waals surface area (Å²) in [5.41, 5.74) is 1.03. The van der Waals surface area contributed by atoms with Crippen LogP contribution in [0.1, 0.15) is 23.7 Å². The maximum Gasteiger partial charge on any atom is 0.238 e. The molecule has 1 aliphatic heterocycles. The largest absolute Gasteiger partial charge is 0.295 e. The highest BCUT2D eigenvalue weighted by atomic mass is 79.9. The van der Waals surface area contributed by atoms with Crippen LogP contribution in [0.4, 0.5) is 5.69 Å². The number of halogens is 2. The summed E-state index contributed by atoms with van der Waals surface area (Å²) in [6, 6.07) is 6.78. The number of imide groups is 1. The Morgan fingerprint density at radius 2 is 1.65 bits per heavy atom. The molecule has 0 aromatic heterocycles. The van der Waals surface area contributed by atoms with E-state index in [4.69, 9.17) is 0 Å². The van der Waals surface area contributed by atoms with Crippen LogP contribution < -0.4 is 4.90 Å². The van der Waals surface area contributed by atoms with E-state index in [1.807, 2.05) is 0 Å². The number of hydrogen-bond donors (Lipinski definition) is 0. The third-order valence-electron chi connectivity index (χ3n) is 5.50. The first-order valence-electron chi connectivity index (χ1n) is 7.68. The van der Waals surface area contributed by atoms with Crippen molar-refractivity contribution in [1.82, 2.24) is 0 Å². The second kappa shape index (κ2) is 5.24. The lowest BCUT2D eigenvalue weighted by Gasteiger charge is -2.28. The number of alkyl halides is 2. The van der Waals surface area contributed by atoms with Crippen molar-refractivity contribution in [2.45, 2.75) is 23.0 Å². The van der Waals surface area contributed by atoms with E-state index in [9.17, 15) is 14.4 Å². The van der Waals surface area contributed by atoms with Gasteiger partial charge in [-0.15, -0.1) is 0 Å². The summed E-state index contributed by atoms with van der Waals surface area (Å²) >= 11 is 7.36. The van der Waals surface area contributed by atoms with Crippen LogP contribution in [0.3, 0.4) is 0 Å². The van der Waals surface area contributed by atoms with Crippen LogP contribution >= 0.6 is 31.9 Å². The molecule has 0 N–H and O–H groups in total. The average Bonchev–Trinajstić information content (AvgIpc) is 3.12. The molecule has 0 unspecified atom stereocenters. The highest BCUT2D eigenvalue weighted by Gasteiger charge is 2.66. The second-order valence-corrected chi connectivity index (χ2v) is 8.74. The fraction of sp³-hybridized carbons (Fsp3) is 0.471. The Kier molecular flexibility index (Phi) is 3.54. The number of carbonyl (C=O) groups is 3. The van der Waals surface area contributed by atoms with E-state index in [0.717, 1.165) is 6.42 Å². The lowest BCUT2D eigenvalue weighted by atomic mass is 9.81. The lowest BCUT2D eigenvalue weighted by Crippen LogP contribution is -2.37. The number of rotatable bonds is 2. The Hall–Kier alpha value is -1.01. The zero-order chi connectivity index (χ0) is 16.5. The van der Waals surface area contributed by atoms with Gasteiger partial charge in [0.25, 0.3) is 0 Å². The zero-order valence-electron chi connectivity index (χ0n) is 12.4. The average molecular weight is 441 g/mol. The molecule has 4 rings (SSSR count). The number of benzene rings is 1. The molecule has 1 heterocycles. The maximum absolute atomic E-state index is 12.9. The number of amides is 2. The summed E-state index contributed by atoms with van der Waals surface area (Å²) < 4.78 is 0. The van der Waals surface area contributed by atoms with Crippen molar-refractivity contribution < 1.29 is 14.4 Å². The molecule has 3 fully saturated rings. The maximum atomic E-state index is 12.9. The minimum absolute atomic E-state index is 0.0766. The summed E-state index contributed by atoms with van der Waals surface area (Å²) in [6.45, 7) is 1.48. The minimum Gasteiger partial charge on any atom is -0.295 e. The molecule has 2 aliphatic carbocycles. The van der Waals surface area contributed by atoms with Crippen LogP contribution in [0.15, 0.2) is 24.3 Å². The summed E-state index contributed by atoms with van der Waals surface area (Å²) in [5.74, 6) is -0.363. The van der Waals surface area contributed by atoms with Gasteiger partial charge in [-0.1, -0.05) is 44.0 Å². The van der Waals surface area contributed by atoms with Crippen molar-refractivity contribution in [3.63, 3.8) is 0 Å². The quantitative estimate of drug-likeness (QED) is 0.403. The van der Waals surface area contributed by atoms with E-state index in [2.05, 4.69) is 31.9 Å². The summed E-state index contributed by atoms with van der Waals surface area (Å²) in [7, 11) is 0. The number of nitrogens with zero attached hydrogens (tertiary/aromatic N) is 1. The summed E-state index contributed by atoms with van der Waals surface area (Å²) in [6.07, 6.45) is 0.917. The molecule has 6 heteroatoms. The minimum atomic E-state index is -0.230. The van der Waals surface area contributed by atoms with Gasteiger partial charge in [0, 0.05) is 15.2 Å². The molecule has 0 spiro atoms. The van der Waals surface area contributed by atoms with Crippen molar-refractivity contribution >= 4 is 55.1 Å². The van der Waals surface area contributed by atoms with Gasteiger partial charge in [-0.25, -0.2) is 0 Å². The molecule has 2 amide bonds. The highest BCUT2D eigenvalue weighted by molar-refractivity contribution is 9.12. The van der Waals surface area contributed by atoms with E-state index in [0.29, 0.717) is 11.3 Å². The molecule has 120 valence electrons. The number of carbonyl (C=O) groups excluding carboxylic acids is 3. The van der Waals surface area contributed by atoms with E-state index >= 15 is 0 Å². The Balaban J connectivity index is 1.73. The van der Waals surface area contributed by atoms with Crippen LogP contribution in [-0.2, 0) is 9.59 Å². The van der Waals surface area contributed by atoms with E-state index in [1.54, 1.807) is 24.3 Å². The predicted molar refractivity (Wildman–Crippen MR) is 92.9 cm³/mol. The molecule has 2 bridgehead atoms. The van der Waals surface area contributed by atoms with Gasteiger partial charge in [0.15, 0.2) is 5.78 Å². The Morgan fingerprint density at radius 1 is 1.09 bits per heavy atom. The fourth-order valence-electron chi connectivity index (χ4n) is 4.47. The van der Waals surface area contributed by atoms with Gasteiger partial charge >= 0.3 is 0 Å². The van der Waals surface area contributed by atoms with Gasteiger partial charge in [0.2, 0.25) is 11.8 Å². The lowest BCUT2D eigenvalue weighted by molar-refractivity contribution is -0.123.